The van der Waals surface area contributed by atoms with Gasteiger partial charge in [-0.15, -0.1) is 0 Å². The van der Waals surface area contributed by atoms with Gasteiger partial charge in [-0.2, -0.15) is 0 Å². The van der Waals surface area contributed by atoms with E-state index < -0.39 is 9.84 Å². The fourth-order valence-electron chi connectivity index (χ4n) is 2.58. The summed E-state index contributed by atoms with van der Waals surface area (Å²) in [6, 6.07) is 7.51. The van der Waals surface area contributed by atoms with Crippen molar-refractivity contribution in [3.63, 3.8) is 0 Å². The Labute approximate surface area is 137 Å². The molecule has 126 valence electrons. The predicted molar refractivity (Wildman–Crippen MR) is 89.0 cm³/mol. The number of amides is 2. The largest absolute Gasteiger partial charge is 0.329 e. The standard InChI is InChI=1S/C16H22N2O4S/c1-12-4-6-14(7-5-12)18-10-13(2)17(11-16(18)20)15(19)8-9-23(3,21)22/h4-7,13H,8-11H2,1-3H3/t13-/m1/s1. The van der Waals surface area contributed by atoms with Crippen LogP contribution in [0.15, 0.2) is 24.3 Å². The molecule has 1 saturated heterocycles. The summed E-state index contributed by atoms with van der Waals surface area (Å²) in [5.41, 5.74) is 1.93. The number of hydrogen-bond donors (Lipinski definition) is 0. The second kappa shape index (κ2) is 6.70. The van der Waals surface area contributed by atoms with Gasteiger partial charge in [0.25, 0.3) is 0 Å². The lowest BCUT2D eigenvalue weighted by molar-refractivity contribution is -0.139. The average Bonchev–Trinajstić information content (AvgIpc) is 2.47. The zero-order valence-corrected chi connectivity index (χ0v) is 14.5. The number of rotatable bonds is 4. The van der Waals surface area contributed by atoms with Crippen LogP contribution < -0.4 is 4.90 Å². The minimum absolute atomic E-state index is 0.0162. The number of hydrogen-bond acceptors (Lipinski definition) is 4. The van der Waals surface area contributed by atoms with Crippen LogP contribution in [0, 0.1) is 6.92 Å². The summed E-state index contributed by atoms with van der Waals surface area (Å²) >= 11 is 0. The average molecular weight is 338 g/mol. The summed E-state index contributed by atoms with van der Waals surface area (Å²) < 4.78 is 22.4. The quantitative estimate of drug-likeness (QED) is 0.821. The van der Waals surface area contributed by atoms with E-state index >= 15 is 0 Å². The molecule has 0 unspecified atom stereocenters. The van der Waals surface area contributed by atoms with E-state index in [-0.39, 0.29) is 36.6 Å². The normalized spacial score (nSPS) is 19.1. The van der Waals surface area contributed by atoms with Crippen LogP contribution in [-0.4, -0.2) is 56.3 Å². The van der Waals surface area contributed by atoms with Gasteiger partial charge in [-0.25, -0.2) is 8.42 Å². The monoisotopic (exact) mass is 338 g/mol. The second-order valence-corrected chi connectivity index (χ2v) is 8.35. The molecule has 2 amide bonds. The highest BCUT2D eigenvalue weighted by molar-refractivity contribution is 7.90. The Morgan fingerprint density at radius 1 is 1.26 bits per heavy atom. The van der Waals surface area contributed by atoms with Crippen molar-refractivity contribution in [1.82, 2.24) is 4.90 Å². The fourth-order valence-corrected chi connectivity index (χ4v) is 3.12. The molecule has 7 heteroatoms. The van der Waals surface area contributed by atoms with Crippen LogP contribution in [0.5, 0.6) is 0 Å². The van der Waals surface area contributed by atoms with Crippen molar-refractivity contribution in [3.05, 3.63) is 29.8 Å². The Bertz CT molecular complexity index is 697. The first-order valence-electron chi connectivity index (χ1n) is 7.51. The molecule has 1 aliphatic rings. The van der Waals surface area contributed by atoms with Crippen molar-refractivity contribution < 1.29 is 18.0 Å². The summed E-state index contributed by atoms with van der Waals surface area (Å²) in [7, 11) is -3.19. The molecule has 1 aromatic rings. The van der Waals surface area contributed by atoms with Crippen LogP contribution in [0.25, 0.3) is 0 Å². The maximum absolute atomic E-state index is 12.4. The first-order chi connectivity index (χ1) is 10.7. The molecular weight excluding hydrogens is 316 g/mol. The molecule has 0 spiro atoms. The lowest BCUT2D eigenvalue weighted by atomic mass is 10.1. The third kappa shape index (κ3) is 4.54. The predicted octanol–water partition coefficient (Wildman–Crippen LogP) is 0.993. The highest BCUT2D eigenvalue weighted by atomic mass is 32.2. The van der Waals surface area contributed by atoms with E-state index in [0.29, 0.717) is 6.54 Å². The number of anilines is 1. The lowest BCUT2D eigenvalue weighted by Gasteiger charge is -2.39. The highest BCUT2D eigenvalue weighted by Crippen LogP contribution is 2.21. The zero-order chi connectivity index (χ0) is 17.2. The van der Waals surface area contributed by atoms with Gasteiger partial charge < -0.3 is 9.80 Å². The SMILES string of the molecule is Cc1ccc(N2C[C@@H](C)N(C(=O)CCS(C)(=O)=O)CC2=O)cc1. The van der Waals surface area contributed by atoms with Crippen molar-refractivity contribution in [3.8, 4) is 0 Å². The van der Waals surface area contributed by atoms with E-state index in [1.54, 1.807) is 4.90 Å². The summed E-state index contributed by atoms with van der Waals surface area (Å²) in [6.07, 6.45) is 1.02. The molecule has 1 fully saturated rings. The topological polar surface area (TPSA) is 74.8 Å². The molecule has 1 heterocycles. The molecule has 6 nitrogen and oxygen atoms in total. The zero-order valence-electron chi connectivity index (χ0n) is 13.7. The summed E-state index contributed by atoms with van der Waals surface area (Å²) in [5, 5.41) is 0. The molecule has 0 N–H and O–H groups in total. The van der Waals surface area contributed by atoms with Gasteiger partial charge in [0, 0.05) is 31.0 Å². The third-order valence-corrected chi connectivity index (χ3v) is 4.88. The van der Waals surface area contributed by atoms with Gasteiger partial charge in [-0.1, -0.05) is 17.7 Å². The summed E-state index contributed by atoms with van der Waals surface area (Å²) in [4.78, 5) is 27.7. The van der Waals surface area contributed by atoms with Crippen LogP contribution in [0.3, 0.4) is 0 Å². The van der Waals surface area contributed by atoms with E-state index in [0.717, 1.165) is 17.5 Å². The van der Waals surface area contributed by atoms with Crippen molar-refractivity contribution >= 4 is 27.3 Å². The number of carbonyl (C=O) groups is 2. The number of piperazine rings is 1. The number of sulfone groups is 1. The van der Waals surface area contributed by atoms with Gasteiger partial charge in [0.05, 0.1) is 5.75 Å². The molecule has 2 rings (SSSR count). The molecule has 0 bridgehead atoms. The van der Waals surface area contributed by atoms with E-state index in [2.05, 4.69) is 0 Å². The molecule has 1 aromatic carbocycles. The van der Waals surface area contributed by atoms with Crippen molar-refractivity contribution in [2.45, 2.75) is 26.3 Å². The second-order valence-electron chi connectivity index (χ2n) is 6.09. The first-order valence-corrected chi connectivity index (χ1v) is 9.57. The van der Waals surface area contributed by atoms with Gasteiger partial charge in [-0.3, -0.25) is 9.59 Å². The number of benzene rings is 1. The summed E-state index contributed by atoms with van der Waals surface area (Å²) in [5.74, 6) is -0.634. The Hall–Kier alpha value is -1.89. The van der Waals surface area contributed by atoms with Gasteiger partial charge >= 0.3 is 0 Å². The minimum Gasteiger partial charge on any atom is -0.329 e. The van der Waals surface area contributed by atoms with Crippen LogP contribution in [0.2, 0.25) is 0 Å². The van der Waals surface area contributed by atoms with Gasteiger partial charge in [-0.05, 0) is 26.0 Å². The van der Waals surface area contributed by atoms with Crippen LogP contribution >= 0.6 is 0 Å². The maximum atomic E-state index is 12.4. The van der Waals surface area contributed by atoms with E-state index in [1.807, 2.05) is 38.1 Å². The van der Waals surface area contributed by atoms with Crippen molar-refractivity contribution in [1.29, 1.82) is 0 Å². The van der Waals surface area contributed by atoms with E-state index in [1.165, 1.54) is 4.90 Å². The lowest BCUT2D eigenvalue weighted by Crippen LogP contribution is -2.57. The number of nitrogens with zero attached hydrogens (tertiary/aromatic N) is 2. The molecular formula is C16H22N2O4S. The molecule has 1 aliphatic heterocycles. The Morgan fingerprint density at radius 3 is 2.43 bits per heavy atom. The van der Waals surface area contributed by atoms with E-state index in [9.17, 15) is 18.0 Å². The van der Waals surface area contributed by atoms with Crippen molar-refractivity contribution in [2.24, 2.45) is 0 Å². The highest BCUT2D eigenvalue weighted by Gasteiger charge is 2.33. The van der Waals surface area contributed by atoms with Crippen LogP contribution in [-0.2, 0) is 19.4 Å². The maximum Gasteiger partial charge on any atom is 0.246 e. The van der Waals surface area contributed by atoms with Gasteiger partial charge in [0.2, 0.25) is 11.8 Å². The number of carbonyl (C=O) groups excluding carboxylic acids is 2. The van der Waals surface area contributed by atoms with Gasteiger partial charge in [0.15, 0.2) is 0 Å². The smallest absolute Gasteiger partial charge is 0.246 e. The molecule has 0 saturated carbocycles. The molecule has 0 aliphatic carbocycles. The van der Waals surface area contributed by atoms with E-state index in [4.69, 9.17) is 0 Å². The minimum atomic E-state index is -3.19. The Kier molecular flexibility index (Phi) is 5.09. The third-order valence-electron chi connectivity index (χ3n) is 3.94. The molecule has 0 aromatic heterocycles. The van der Waals surface area contributed by atoms with Crippen LogP contribution in [0.1, 0.15) is 18.9 Å². The Morgan fingerprint density at radius 2 is 1.87 bits per heavy atom. The molecule has 1 atom stereocenters. The van der Waals surface area contributed by atoms with Gasteiger partial charge in [0.1, 0.15) is 16.4 Å². The molecule has 0 radical (unpaired) electrons. The number of aryl methyl sites for hydroxylation is 1. The molecule has 23 heavy (non-hydrogen) atoms. The van der Waals surface area contributed by atoms with Crippen molar-refractivity contribution in [2.75, 3.05) is 30.0 Å². The summed E-state index contributed by atoms with van der Waals surface area (Å²) in [6.45, 7) is 4.24. The first kappa shape index (κ1) is 17.5. The Balaban J connectivity index is 2.05. The van der Waals surface area contributed by atoms with Crippen LogP contribution in [0.4, 0.5) is 5.69 Å². The fraction of sp³-hybridized carbons (Fsp3) is 0.500.